The minimum Gasteiger partial charge on any atom is -0.370 e. The minimum absolute atomic E-state index is 0.0241. The zero-order valence-corrected chi connectivity index (χ0v) is 15.7. The van der Waals surface area contributed by atoms with Crippen molar-refractivity contribution in [3.63, 3.8) is 0 Å². The Morgan fingerprint density at radius 3 is 2.00 bits per heavy atom. The molecule has 0 amide bonds. The second kappa shape index (κ2) is 8.22. The molecule has 0 unspecified atom stereocenters. The molecule has 10 N–H and O–H groups in total. The van der Waals surface area contributed by atoms with E-state index in [4.69, 9.17) is 17.2 Å². The van der Waals surface area contributed by atoms with Gasteiger partial charge in [0.1, 0.15) is 0 Å². The second-order valence-corrected chi connectivity index (χ2v) is 7.14. The molecule has 0 radical (unpaired) electrons. The molecule has 0 bridgehead atoms. The number of nitrogens with zero attached hydrogens (tertiary/aromatic N) is 1. The fraction of sp³-hybridized carbons (Fsp3) is 0.333. The van der Waals surface area contributed by atoms with E-state index in [2.05, 4.69) is 64.2 Å². The summed E-state index contributed by atoms with van der Waals surface area (Å²) < 4.78 is 0. The summed E-state index contributed by atoms with van der Waals surface area (Å²) in [6, 6.07) is 17.5. The van der Waals surface area contributed by atoms with Crippen LogP contribution in [-0.4, -0.2) is 25.0 Å². The fourth-order valence-corrected chi connectivity index (χ4v) is 4.31. The Bertz CT molecular complexity index is 776. The van der Waals surface area contributed by atoms with Crippen LogP contribution in [0.2, 0.25) is 0 Å². The van der Waals surface area contributed by atoms with Crippen LogP contribution in [-0.2, 0) is 5.41 Å². The summed E-state index contributed by atoms with van der Waals surface area (Å²) in [5, 5.41) is 0. The molecule has 0 saturated heterocycles. The first-order valence-corrected chi connectivity index (χ1v) is 9.47. The second-order valence-electron chi connectivity index (χ2n) is 7.14. The van der Waals surface area contributed by atoms with Crippen molar-refractivity contribution in [1.29, 1.82) is 0 Å². The topological polar surface area (TPSA) is 132 Å². The average molecular weight is 367 g/mol. The third-order valence-electron chi connectivity index (χ3n) is 5.36. The lowest BCUT2D eigenvalue weighted by Crippen LogP contribution is -2.88. The molecule has 27 heavy (non-hydrogen) atoms. The number of hydrogen-bond donors (Lipinski definition) is 5. The number of nitrogens with one attached hydrogen (secondary N) is 1. The summed E-state index contributed by atoms with van der Waals surface area (Å²) in [6.07, 6.45) is 3.96. The van der Waals surface area contributed by atoms with Crippen molar-refractivity contribution in [3.8, 4) is 11.1 Å². The van der Waals surface area contributed by atoms with Gasteiger partial charge in [-0.15, -0.1) is 0 Å². The lowest BCUT2D eigenvalue weighted by Gasteiger charge is -2.32. The van der Waals surface area contributed by atoms with Gasteiger partial charge < -0.3 is 11.5 Å². The third-order valence-corrected chi connectivity index (χ3v) is 5.36. The summed E-state index contributed by atoms with van der Waals surface area (Å²) in [5.41, 5.74) is 25.8. The maximum absolute atomic E-state index is 5.66. The van der Waals surface area contributed by atoms with Crippen molar-refractivity contribution >= 4 is 11.9 Å². The predicted octanol–water partition coefficient (Wildman–Crippen LogP) is -0.576. The summed E-state index contributed by atoms with van der Waals surface area (Å²) in [4.78, 5) is 7.33. The monoisotopic (exact) mass is 366 g/mol. The maximum atomic E-state index is 5.66. The highest BCUT2D eigenvalue weighted by atomic mass is 15.0. The highest BCUT2D eigenvalue weighted by Crippen LogP contribution is 2.53. The van der Waals surface area contributed by atoms with Crippen molar-refractivity contribution in [2.75, 3.05) is 13.1 Å². The number of hydrogen-bond acceptors (Lipinski definition) is 1. The Kier molecular flexibility index (Phi) is 5.76. The average Bonchev–Trinajstić information content (AvgIpc) is 2.93. The Morgan fingerprint density at radius 2 is 1.44 bits per heavy atom. The SMILES string of the molecule is NC(N)=NCCCC1(CCC[NH+]=C(N)[NH3+])c2ccccc2-c2ccccc21. The van der Waals surface area contributed by atoms with Gasteiger partial charge in [0.2, 0.25) is 0 Å². The molecule has 6 heteroatoms. The molecule has 2 aromatic rings. The van der Waals surface area contributed by atoms with Crippen LogP contribution < -0.4 is 27.9 Å². The summed E-state index contributed by atoms with van der Waals surface area (Å²) in [5.74, 6) is 0.672. The van der Waals surface area contributed by atoms with Gasteiger partial charge in [-0.05, 0) is 47.9 Å². The van der Waals surface area contributed by atoms with Gasteiger partial charge in [0, 0.05) is 12.0 Å². The lowest BCUT2D eigenvalue weighted by atomic mass is 9.71. The van der Waals surface area contributed by atoms with Crippen molar-refractivity contribution in [2.45, 2.75) is 31.1 Å². The molecule has 0 saturated carbocycles. The quantitative estimate of drug-likeness (QED) is 0.243. The fourth-order valence-electron chi connectivity index (χ4n) is 4.31. The van der Waals surface area contributed by atoms with E-state index < -0.39 is 0 Å². The first kappa shape index (κ1) is 18.9. The molecule has 0 fully saturated rings. The molecule has 1 aliphatic carbocycles. The maximum Gasteiger partial charge on any atom is 0.434 e. The van der Waals surface area contributed by atoms with Crippen molar-refractivity contribution in [3.05, 3.63) is 59.7 Å². The van der Waals surface area contributed by atoms with E-state index in [1.165, 1.54) is 22.3 Å². The van der Waals surface area contributed by atoms with Crippen LogP contribution in [0.5, 0.6) is 0 Å². The molecule has 0 spiro atoms. The van der Waals surface area contributed by atoms with Gasteiger partial charge in [0.25, 0.3) is 0 Å². The zero-order valence-electron chi connectivity index (χ0n) is 15.7. The first-order chi connectivity index (χ1) is 13.0. The van der Waals surface area contributed by atoms with Gasteiger partial charge in [0.05, 0.1) is 6.54 Å². The number of fused-ring (bicyclic) bond motifs is 3. The number of nitrogens with two attached hydrogens (primary N) is 3. The van der Waals surface area contributed by atoms with Crippen LogP contribution >= 0.6 is 0 Å². The molecule has 0 atom stereocenters. The van der Waals surface area contributed by atoms with Gasteiger partial charge in [-0.1, -0.05) is 48.5 Å². The molecule has 0 aliphatic heterocycles. The lowest BCUT2D eigenvalue weighted by molar-refractivity contribution is -0.504. The third kappa shape index (κ3) is 3.95. The number of rotatable bonds is 8. The molecule has 0 heterocycles. The van der Waals surface area contributed by atoms with Crippen molar-refractivity contribution < 1.29 is 10.7 Å². The van der Waals surface area contributed by atoms with Crippen molar-refractivity contribution in [1.82, 2.24) is 0 Å². The minimum atomic E-state index is -0.0241. The smallest absolute Gasteiger partial charge is 0.370 e. The van der Waals surface area contributed by atoms with Gasteiger partial charge in [-0.2, -0.15) is 0 Å². The zero-order chi connectivity index (χ0) is 19.3. The van der Waals surface area contributed by atoms with E-state index in [9.17, 15) is 0 Å². The van der Waals surface area contributed by atoms with Crippen LogP contribution in [0.3, 0.4) is 0 Å². The Labute approximate surface area is 160 Å². The predicted molar refractivity (Wildman–Crippen MR) is 110 cm³/mol. The van der Waals surface area contributed by atoms with Gasteiger partial charge >= 0.3 is 5.96 Å². The standard InChI is InChI=1S/C21H28N6/c22-19(23)26-13-5-11-21(12-6-14-27-20(24)25)17-9-3-1-7-15(17)16-8-2-4-10-18(16)21/h1-4,7-10H,5-6,11-14H2,(H4,22,23,26)(H4,24,25,27)/p+2. The highest BCUT2D eigenvalue weighted by Gasteiger charge is 2.41. The number of benzene rings is 2. The number of guanidine groups is 2. The molecule has 142 valence electrons. The van der Waals surface area contributed by atoms with Crippen LogP contribution in [0.4, 0.5) is 0 Å². The normalized spacial score (nSPS) is 14.5. The van der Waals surface area contributed by atoms with E-state index in [1.54, 1.807) is 0 Å². The molecular formula is C21H30N6+2. The Balaban J connectivity index is 1.95. The van der Waals surface area contributed by atoms with E-state index in [0.717, 1.165) is 32.2 Å². The molecule has 0 aromatic heterocycles. The van der Waals surface area contributed by atoms with E-state index in [-0.39, 0.29) is 11.4 Å². The summed E-state index contributed by atoms with van der Waals surface area (Å²) in [6.45, 7) is 1.46. The molecule has 1 aliphatic rings. The highest BCUT2D eigenvalue weighted by molar-refractivity contribution is 5.81. The largest absolute Gasteiger partial charge is 0.434 e. The van der Waals surface area contributed by atoms with Gasteiger partial charge in [-0.25, -0.2) is 10.7 Å². The van der Waals surface area contributed by atoms with E-state index in [1.807, 2.05) is 0 Å². The van der Waals surface area contributed by atoms with Crippen LogP contribution in [0, 0.1) is 0 Å². The van der Waals surface area contributed by atoms with Gasteiger partial charge in [0.15, 0.2) is 5.96 Å². The molecule has 3 rings (SSSR count). The van der Waals surface area contributed by atoms with Gasteiger partial charge in [-0.3, -0.25) is 10.7 Å². The van der Waals surface area contributed by atoms with E-state index in [0.29, 0.717) is 12.5 Å². The molecule has 6 nitrogen and oxygen atoms in total. The molecule has 2 aromatic carbocycles. The van der Waals surface area contributed by atoms with Crippen LogP contribution in [0.1, 0.15) is 36.8 Å². The Hall–Kier alpha value is -2.86. The Morgan fingerprint density at radius 1 is 0.889 bits per heavy atom. The van der Waals surface area contributed by atoms with Crippen LogP contribution in [0.15, 0.2) is 53.5 Å². The van der Waals surface area contributed by atoms with Crippen LogP contribution in [0.25, 0.3) is 11.1 Å². The summed E-state index contributed by atoms with van der Waals surface area (Å²) in [7, 11) is 0. The number of quaternary nitrogens is 1. The molecular weight excluding hydrogens is 336 g/mol. The number of aliphatic imine (C=N–C) groups is 1. The first-order valence-electron chi connectivity index (χ1n) is 9.47. The van der Waals surface area contributed by atoms with Crippen molar-refractivity contribution in [2.24, 2.45) is 22.2 Å². The summed E-state index contributed by atoms with van der Waals surface area (Å²) >= 11 is 0. The van der Waals surface area contributed by atoms with E-state index >= 15 is 0 Å².